The maximum absolute atomic E-state index is 12.0. The summed E-state index contributed by atoms with van der Waals surface area (Å²) in [7, 11) is 1.59. The third kappa shape index (κ3) is 5.68. The lowest BCUT2D eigenvalue weighted by atomic mass is 10.3. The Morgan fingerprint density at radius 3 is 2.50 bits per heavy atom. The average Bonchev–Trinajstić information content (AvgIpc) is 3.08. The first kappa shape index (κ1) is 19.6. The summed E-state index contributed by atoms with van der Waals surface area (Å²) in [6.45, 7) is 3.77. The second-order valence-electron chi connectivity index (χ2n) is 5.88. The number of anilines is 3. The lowest BCUT2D eigenvalue weighted by Gasteiger charge is -2.05. The molecule has 0 spiro atoms. The number of amides is 1. The summed E-state index contributed by atoms with van der Waals surface area (Å²) >= 11 is 1.37. The molecule has 0 bridgehead atoms. The van der Waals surface area contributed by atoms with Crippen LogP contribution < -0.4 is 15.4 Å². The van der Waals surface area contributed by atoms with Gasteiger partial charge in [-0.2, -0.15) is 4.98 Å². The number of thioether (sulfide) groups is 1. The Morgan fingerprint density at radius 1 is 1.11 bits per heavy atom. The normalized spacial score (nSPS) is 10.5. The minimum atomic E-state index is -0.114. The highest BCUT2D eigenvalue weighted by Gasteiger charge is 2.10. The fraction of sp³-hybridized carbons (Fsp3) is 0.278. The van der Waals surface area contributed by atoms with Gasteiger partial charge in [0, 0.05) is 17.1 Å². The van der Waals surface area contributed by atoms with E-state index in [0.29, 0.717) is 23.3 Å². The van der Waals surface area contributed by atoms with Gasteiger partial charge in [-0.05, 0) is 49.3 Å². The molecule has 3 rings (SSSR count). The SMILES string of the molecule is COc1ccc(NC(=O)CSCc2nc(Nc3nc(C)cc(C)n3)no2)cc1. The number of carbonyl (C=O) groups is 1. The first-order valence-electron chi connectivity index (χ1n) is 8.45. The minimum absolute atomic E-state index is 0.114. The van der Waals surface area contributed by atoms with Gasteiger partial charge in [-0.1, -0.05) is 0 Å². The van der Waals surface area contributed by atoms with Crippen molar-refractivity contribution in [1.82, 2.24) is 20.1 Å². The Kier molecular flexibility index (Phi) is 6.43. The van der Waals surface area contributed by atoms with E-state index in [2.05, 4.69) is 30.7 Å². The van der Waals surface area contributed by atoms with E-state index in [1.165, 1.54) is 11.8 Å². The molecular formula is C18H20N6O3S. The number of methoxy groups -OCH3 is 1. The number of nitrogens with zero attached hydrogens (tertiary/aromatic N) is 4. The second-order valence-corrected chi connectivity index (χ2v) is 6.87. The van der Waals surface area contributed by atoms with Crippen LogP contribution in [0, 0.1) is 13.8 Å². The van der Waals surface area contributed by atoms with Crippen molar-refractivity contribution >= 4 is 35.3 Å². The molecule has 2 N–H and O–H groups in total. The predicted molar refractivity (Wildman–Crippen MR) is 107 cm³/mol. The first-order valence-corrected chi connectivity index (χ1v) is 9.61. The molecule has 2 heterocycles. The van der Waals surface area contributed by atoms with Gasteiger partial charge in [-0.15, -0.1) is 11.8 Å². The highest BCUT2D eigenvalue weighted by atomic mass is 32.2. The van der Waals surface area contributed by atoms with Crippen LogP contribution in [0.5, 0.6) is 5.75 Å². The zero-order chi connectivity index (χ0) is 19.9. The molecule has 2 aromatic heterocycles. The number of ether oxygens (including phenoxy) is 1. The van der Waals surface area contributed by atoms with E-state index in [-0.39, 0.29) is 17.6 Å². The van der Waals surface area contributed by atoms with Crippen LogP contribution in [-0.4, -0.2) is 38.9 Å². The molecule has 10 heteroatoms. The maximum Gasteiger partial charge on any atom is 0.270 e. The van der Waals surface area contributed by atoms with Gasteiger partial charge >= 0.3 is 0 Å². The van der Waals surface area contributed by atoms with Gasteiger partial charge in [0.05, 0.1) is 18.6 Å². The molecule has 0 saturated heterocycles. The molecule has 146 valence electrons. The van der Waals surface area contributed by atoms with Gasteiger partial charge in [0.2, 0.25) is 17.7 Å². The number of benzene rings is 1. The predicted octanol–water partition coefficient (Wildman–Crippen LogP) is 3.10. The van der Waals surface area contributed by atoms with Crippen LogP contribution in [-0.2, 0) is 10.5 Å². The van der Waals surface area contributed by atoms with Gasteiger partial charge < -0.3 is 14.6 Å². The first-order chi connectivity index (χ1) is 13.5. The summed E-state index contributed by atoms with van der Waals surface area (Å²) in [4.78, 5) is 24.8. The quantitative estimate of drug-likeness (QED) is 0.588. The Bertz CT molecular complexity index is 924. The molecule has 0 aliphatic carbocycles. The van der Waals surface area contributed by atoms with Crippen LogP contribution in [0.3, 0.4) is 0 Å². The number of hydrogen-bond donors (Lipinski definition) is 2. The number of aromatic nitrogens is 4. The highest BCUT2D eigenvalue weighted by molar-refractivity contribution is 7.99. The van der Waals surface area contributed by atoms with Crippen LogP contribution in [0.2, 0.25) is 0 Å². The standard InChI is InChI=1S/C18H20N6O3S/c1-11-8-12(2)20-17(19-11)23-18-22-16(27-24-18)10-28-9-15(25)21-13-4-6-14(26-3)7-5-13/h4-8H,9-10H2,1-3H3,(H,21,25)(H,19,20,23,24). The number of carbonyl (C=O) groups excluding carboxylic acids is 1. The summed E-state index contributed by atoms with van der Waals surface area (Å²) in [5, 5.41) is 9.58. The fourth-order valence-electron chi connectivity index (χ4n) is 2.35. The highest BCUT2D eigenvalue weighted by Crippen LogP contribution is 2.17. The topological polar surface area (TPSA) is 115 Å². The Hall–Kier alpha value is -3.14. The van der Waals surface area contributed by atoms with Crippen LogP contribution in [0.15, 0.2) is 34.9 Å². The molecule has 0 aliphatic heterocycles. The van der Waals surface area contributed by atoms with E-state index in [4.69, 9.17) is 9.26 Å². The fourth-order valence-corrected chi connectivity index (χ4v) is 3.00. The van der Waals surface area contributed by atoms with Gasteiger partial charge in [0.1, 0.15) is 5.75 Å². The second kappa shape index (κ2) is 9.18. The van der Waals surface area contributed by atoms with Gasteiger partial charge in [-0.25, -0.2) is 9.97 Å². The number of rotatable bonds is 8. The molecule has 0 fully saturated rings. The van der Waals surface area contributed by atoms with Crippen LogP contribution in [0.4, 0.5) is 17.6 Å². The molecule has 28 heavy (non-hydrogen) atoms. The van der Waals surface area contributed by atoms with Crippen molar-refractivity contribution in [2.24, 2.45) is 0 Å². The van der Waals surface area contributed by atoms with Crippen molar-refractivity contribution in [2.75, 3.05) is 23.5 Å². The monoisotopic (exact) mass is 400 g/mol. The van der Waals surface area contributed by atoms with Crippen LogP contribution in [0.1, 0.15) is 17.3 Å². The lowest BCUT2D eigenvalue weighted by molar-refractivity contribution is -0.113. The van der Waals surface area contributed by atoms with Crippen molar-refractivity contribution in [3.8, 4) is 5.75 Å². The average molecular weight is 400 g/mol. The zero-order valence-corrected chi connectivity index (χ0v) is 16.5. The zero-order valence-electron chi connectivity index (χ0n) is 15.7. The molecule has 0 saturated carbocycles. The van der Waals surface area contributed by atoms with Gasteiger partial charge in [-0.3, -0.25) is 10.1 Å². The molecule has 0 radical (unpaired) electrons. The summed E-state index contributed by atoms with van der Waals surface area (Å²) in [5.74, 6) is 2.40. The summed E-state index contributed by atoms with van der Waals surface area (Å²) in [6, 6.07) is 9.02. The van der Waals surface area contributed by atoms with E-state index in [9.17, 15) is 4.79 Å². The van der Waals surface area contributed by atoms with Gasteiger partial charge in [0.25, 0.3) is 5.95 Å². The van der Waals surface area contributed by atoms with Crippen molar-refractivity contribution in [1.29, 1.82) is 0 Å². The van der Waals surface area contributed by atoms with Gasteiger partial charge in [0.15, 0.2) is 0 Å². The molecular weight excluding hydrogens is 380 g/mol. The van der Waals surface area contributed by atoms with Crippen LogP contribution >= 0.6 is 11.8 Å². The van der Waals surface area contributed by atoms with Crippen molar-refractivity contribution in [3.05, 3.63) is 47.6 Å². The lowest BCUT2D eigenvalue weighted by Crippen LogP contribution is -2.14. The Balaban J connectivity index is 1.45. The van der Waals surface area contributed by atoms with E-state index < -0.39 is 0 Å². The maximum atomic E-state index is 12.0. The van der Waals surface area contributed by atoms with E-state index in [0.717, 1.165) is 17.1 Å². The summed E-state index contributed by atoms with van der Waals surface area (Å²) in [5.41, 5.74) is 2.40. The molecule has 1 aromatic carbocycles. The number of aryl methyl sites for hydroxylation is 2. The summed E-state index contributed by atoms with van der Waals surface area (Å²) in [6.07, 6.45) is 0. The van der Waals surface area contributed by atoms with Crippen molar-refractivity contribution < 1.29 is 14.1 Å². The minimum Gasteiger partial charge on any atom is -0.497 e. The van der Waals surface area contributed by atoms with E-state index >= 15 is 0 Å². The van der Waals surface area contributed by atoms with E-state index in [1.54, 1.807) is 31.4 Å². The number of hydrogen-bond acceptors (Lipinski definition) is 9. The molecule has 0 unspecified atom stereocenters. The smallest absolute Gasteiger partial charge is 0.270 e. The largest absolute Gasteiger partial charge is 0.497 e. The third-order valence-electron chi connectivity index (χ3n) is 3.51. The van der Waals surface area contributed by atoms with Crippen molar-refractivity contribution in [2.45, 2.75) is 19.6 Å². The molecule has 1 amide bonds. The Labute approximate surface area is 166 Å². The van der Waals surface area contributed by atoms with E-state index in [1.807, 2.05) is 19.9 Å². The molecule has 9 nitrogen and oxygen atoms in total. The molecule has 0 atom stereocenters. The third-order valence-corrected chi connectivity index (χ3v) is 4.42. The van der Waals surface area contributed by atoms with Crippen LogP contribution in [0.25, 0.3) is 0 Å². The number of nitrogens with one attached hydrogen (secondary N) is 2. The Morgan fingerprint density at radius 2 is 1.82 bits per heavy atom. The van der Waals surface area contributed by atoms with Crippen molar-refractivity contribution in [3.63, 3.8) is 0 Å². The molecule has 0 aliphatic rings. The summed E-state index contributed by atoms with van der Waals surface area (Å²) < 4.78 is 10.3. The molecule has 3 aromatic rings.